The summed E-state index contributed by atoms with van der Waals surface area (Å²) >= 11 is 0. The fraction of sp³-hybridized carbons (Fsp3) is 0.450. The lowest BCUT2D eigenvalue weighted by Gasteiger charge is -2.35. The highest BCUT2D eigenvalue weighted by molar-refractivity contribution is 5.73. The van der Waals surface area contributed by atoms with Crippen LogP contribution in [0.25, 0.3) is 0 Å². The molecule has 0 aliphatic carbocycles. The number of likely N-dealkylation sites (tertiary alicyclic amines) is 1. The molecule has 0 saturated carbocycles. The number of carbonyl (C=O) groups excluding carboxylic acids is 1. The Balaban J connectivity index is 1.52. The molecule has 1 aromatic carbocycles. The van der Waals surface area contributed by atoms with Crippen LogP contribution in [0.2, 0.25) is 0 Å². The molecular formula is C20H27N3O2. The zero-order valence-corrected chi connectivity index (χ0v) is 14.8. The molecule has 2 N–H and O–H groups in total. The zero-order valence-electron chi connectivity index (χ0n) is 14.8. The maximum Gasteiger partial charge on any atom is 0.315 e. The molecule has 1 aliphatic heterocycles. The van der Waals surface area contributed by atoms with Crippen LogP contribution in [-0.2, 0) is 6.54 Å². The van der Waals surface area contributed by atoms with E-state index in [1.54, 1.807) is 6.26 Å². The topological polar surface area (TPSA) is 57.5 Å². The Bertz CT molecular complexity index is 634. The van der Waals surface area contributed by atoms with Gasteiger partial charge in [-0.1, -0.05) is 37.3 Å². The number of nitrogens with one attached hydrogen (secondary N) is 2. The summed E-state index contributed by atoms with van der Waals surface area (Å²) in [6.45, 7) is 5.45. The van der Waals surface area contributed by atoms with E-state index in [1.165, 1.54) is 12.8 Å². The molecule has 0 bridgehead atoms. The van der Waals surface area contributed by atoms with Crippen molar-refractivity contribution in [3.63, 3.8) is 0 Å². The highest BCUT2D eigenvalue weighted by atomic mass is 16.3. The molecule has 5 heteroatoms. The van der Waals surface area contributed by atoms with Crippen molar-refractivity contribution in [2.75, 3.05) is 19.6 Å². The van der Waals surface area contributed by atoms with E-state index in [4.69, 9.17) is 4.42 Å². The second-order valence-corrected chi connectivity index (χ2v) is 6.80. The minimum absolute atomic E-state index is 0.0879. The van der Waals surface area contributed by atoms with Crippen LogP contribution in [0, 0.1) is 5.92 Å². The summed E-state index contributed by atoms with van der Waals surface area (Å²) in [6.07, 6.45) is 4.08. The number of piperidine rings is 1. The Morgan fingerprint density at radius 1 is 1.16 bits per heavy atom. The largest absolute Gasteiger partial charge is 0.468 e. The predicted octanol–water partition coefficient (Wildman–Crippen LogP) is 3.55. The van der Waals surface area contributed by atoms with Gasteiger partial charge in [-0.05, 0) is 49.5 Å². The Morgan fingerprint density at radius 2 is 1.92 bits per heavy atom. The highest BCUT2D eigenvalue weighted by Crippen LogP contribution is 2.26. The Kier molecular flexibility index (Phi) is 6.12. The average Bonchev–Trinajstić information content (AvgIpc) is 3.17. The van der Waals surface area contributed by atoms with E-state index in [9.17, 15) is 4.79 Å². The first kappa shape index (κ1) is 17.5. The molecule has 3 rings (SSSR count). The standard InChI is InChI=1S/C20H27N3O2/c1-16-9-11-23(12-10-16)18(19-8-5-13-25-19)15-22-20(24)21-14-17-6-3-2-4-7-17/h2-8,13,16,18H,9-12,14-15H2,1H3,(H2,21,22,24). The van der Waals surface area contributed by atoms with Crippen molar-refractivity contribution in [1.82, 2.24) is 15.5 Å². The van der Waals surface area contributed by atoms with Crippen molar-refractivity contribution >= 4 is 6.03 Å². The van der Waals surface area contributed by atoms with Crippen LogP contribution in [0.5, 0.6) is 0 Å². The summed E-state index contributed by atoms with van der Waals surface area (Å²) in [5, 5.41) is 5.91. The highest BCUT2D eigenvalue weighted by Gasteiger charge is 2.26. The van der Waals surface area contributed by atoms with Gasteiger partial charge in [-0.2, -0.15) is 0 Å². The Labute approximate surface area is 149 Å². The monoisotopic (exact) mass is 341 g/mol. The molecular weight excluding hydrogens is 314 g/mol. The second-order valence-electron chi connectivity index (χ2n) is 6.80. The number of rotatable bonds is 6. The number of furan rings is 1. The Hall–Kier alpha value is -2.27. The van der Waals surface area contributed by atoms with Crippen molar-refractivity contribution in [3.8, 4) is 0 Å². The van der Waals surface area contributed by atoms with Crippen LogP contribution >= 0.6 is 0 Å². The van der Waals surface area contributed by atoms with E-state index in [-0.39, 0.29) is 12.1 Å². The maximum absolute atomic E-state index is 12.2. The van der Waals surface area contributed by atoms with Crippen LogP contribution in [-0.4, -0.2) is 30.6 Å². The number of carbonyl (C=O) groups is 1. The number of hydrogen-bond acceptors (Lipinski definition) is 3. The number of amides is 2. The van der Waals surface area contributed by atoms with Gasteiger partial charge >= 0.3 is 6.03 Å². The third-order valence-corrected chi connectivity index (χ3v) is 4.88. The van der Waals surface area contributed by atoms with Gasteiger partial charge in [-0.25, -0.2) is 4.79 Å². The van der Waals surface area contributed by atoms with Crippen molar-refractivity contribution in [1.29, 1.82) is 0 Å². The molecule has 2 amide bonds. The lowest BCUT2D eigenvalue weighted by Crippen LogP contribution is -2.44. The van der Waals surface area contributed by atoms with Crippen LogP contribution < -0.4 is 10.6 Å². The number of nitrogens with zero attached hydrogens (tertiary/aromatic N) is 1. The molecule has 2 heterocycles. The van der Waals surface area contributed by atoms with Crippen LogP contribution in [0.3, 0.4) is 0 Å². The molecule has 1 aromatic heterocycles. The molecule has 2 aromatic rings. The predicted molar refractivity (Wildman–Crippen MR) is 98.1 cm³/mol. The molecule has 134 valence electrons. The molecule has 1 aliphatic rings. The summed E-state index contributed by atoms with van der Waals surface area (Å²) in [7, 11) is 0. The van der Waals surface area contributed by atoms with E-state index in [1.807, 2.05) is 42.5 Å². The van der Waals surface area contributed by atoms with Crippen LogP contribution in [0.1, 0.15) is 37.1 Å². The van der Waals surface area contributed by atoms with Gasteiger partial charge in [0.05, 0.1) is 12.3 Å². The second kappa shape index (κ2) is 8.72. The first-order chi connectivity index (χ1) is 12.2. The molecule has 1 fully saturated rings. The van der Waals surface area contributed by atoms with Gasteiger partial charge in [0, 0.05) is 13.1 Å². The fourth-order valence-corrected chi connectivity index (χ4v) is 3.26. The summed E-state index contributed by atoms with van der Waals surface area (Å²) in [6, 6.07) is 13.8. The summed E-state index contributed by atoms with van der Waals surface area (Å²) in [4.78, 5) is 14.6. The smallest absolute Gasteiger partial charge is 0.315 e. The number of benzene rings is 1. The molecule has 1 unspecified atom stereocenters. The summed E-state index contributed by atoms with van der Waals surface area (Å²) in [5.41, 5.74) is 1.09. The molecule has 1 atom stereocenters. The van der Waals surface area contributed by atoms with E-state index < -0.39 is 0 Å². The Morgan fingerprint density at radius 3 is 2.60 bits per heavy atom. The lowest BCUT2D eigenvalue weighted by molar-refractivity contribution is 0.122. The van der Waals surface area contributed by atoms with Gasteiger partial charge in [0.15, 0.2) is 0 Å². The van der Waals surface area contributed by atoms with Crippen LogP contribution in [0.15, 0.2) is 53.1 Å². The minimum Gasteiger partial charge on any atom is -0.468 e. The SMILES string of the molecule is CC1CCN(C(CNC(=O)NCc2ccccc2)c2ccco2)CC1. The molecule has 0 spiro atoms. The quantitative estimate of drug-likeness (QED) is 0.845. The van der Waals surface area contributed by atoms with Gasteiger partial charge in [0.1, 0.15) is 5.76 Å². The van der Waals surface area contributed by atoms with Crippen LogP contribution in [0.4, 0.5) is 4.79 Å². The third kappa shape index (κ3) is 5.10. The maximum atomic E-state index is 12.2. The molecule has 0 radical (unpaired) electrons. The zero-order chi connectivity index (χ0) is 17.5. The van der Waals surface area contributed by atoms with Gasteiger partial charge in [0.2, 0.25) is 0 Å². The first-order valence-electron chi connectivity index (χ1n) is 9.05. The normalized spacial score (nSPS) is 17.2. The number of urea groups is 1. The van der Waals surface area contributed by atoms with E-state index in [0.717, 1.165) is 30.3 Å². The van der Waals surface area contributed by atoms with E-state index >= 15 is 0 Å². The fourth-order valence-electron chi connectivity index (χ4n) is 3.26. The van der Waals surface area contributed by atoms with Gasteiger partial charge in [0.25, 0.3) is 0 Å². The van der Waals surface area contributed by atoms with E-state index in [0.29, 0.717) is 13.1 Å². The van der Waals surface area contributed by atoms with Crippen molar-refractivity contribution < 1.29 is 9.21 Å². The van der Waals surface area contributed by atoms with E-state index in [2.05, 4.69) is 22.5 Å². The first-order valence-corrected chi connectivity index (χ1v) is 9.05. The summed E-state index contributed by atoms with van der Waals surface area (Å²) < 4.78 is 5.62. The lowest BCUT2D eigenvalue weighted by atomic mass is 9.97. The van der Waals surface area contributed by atoms with Gasteiger partial charge in [-0.3, -0.25) is 4.90 Å². The minimum atomic E-state index is -0.147. The van der Waals surface area contributed by atoms with Crippen molar-refractivity contribution in [2.45, 2.75) is 32.4 Å². The molecule has 25 heavy (non-hydrogen) atoms. The van der Waals surface area contributed by atoms with Crippen molar-refractivity contribution in [3.05, 3.63) is 60.1 Å². The average molecular weight is 341 g/mol. The van der Waals surface area contributed by atoms with Gasteiger partial charge in [-0.15, -0.1) is 0 Å². The van der Waals surface area contributed by atoms with Gasteiger partial charge < -0.3 is 15.1 Å². The number of hydrogen-bond donors (Lipinski definition) is 2. The summed E-state index contributed by atoms with van der Waals surface area (Å²) in [5.74, 6) is 1.69. The molecule has 5 nitrogen and oxygen atoms in total. The molecule has 1 saturated heterocycles. The third-order valence-electron chi connectivity index (χ3n) is 4.88. The van der Waals surface area contributed by atoms with Crippen molar-refractivity contribution in [2.24, 2.45) is 5.92 Å².